The average molecular weight is 293 g/mol. The standard InChI is InChI=1S/C16H23NO4/c1-10-6-5-7-11(8-10)14(12(17)9-13(18)19)15(20)21-16(2,3)4/h5-8,12,14H,9,17H2,1-4H3,(H,18,19)/t12-,14+/m1/s1. The molecular formula is C16H23NO4. The fraction of sp³-hybridized carbons (Fsp3) is 0.500. The van der Waals surface area contributed by atoms with Crippen LogP contribution in [-0.2, 0) is 14.3 Å². The van der Waals surface area contributed by atoms with E-state index in [2.05, 4.69) is 0 Å². The normalized spacial score (nSPS) is 14.3. The highest BCUT2D eigenvalue weighted by atomic mass is 16.6. The molecule has 0 fully saturated rings. The van der Waals surface area contributed by atoms with Crippen molar-refractivity contribution in [3.63, 3.8) is 0 Å². The number of hydrogen-bond donors (Lipinski definition) is 2. The molecule has 1 aromatic carbocycles. The predicted molar refractivity (Wildman–Crippen MR) is 80.0 cm³/mol. The molecule has 0 aliphatic rings. The van der Waals surface area contributed by atoms with E-state index in [1.54, 1.807) is 26.8 Å². The average Bonchev–Trinajstić information content (AvgIpc) is 2.25. The van der Waals surface area contributed by atoms with Gasteiger partial charge in [0.25, 0.3) is 0 Å². The maximum atomic E-state index is 12.4. The van der Waals surface area contributed by atoms with Crippen LogP contribution in [0.1, 0.15) is 44.2 Å². The van der Waals surface area contributed by atoms with Gasteiger partial charge in [-0.1, -0.05) is 29.8 Å². The van der Waals surface area contributed by atoms with E-state index in [1.807, 2.05) is 25.1 Å². The van der Waals surface area contributed by atoms with Crippen molar-refractivity contribution in [1.82, 2.24) is 0 Å². The molecule has 0 bridgehead atoms. The molecule has 1 aromatic rings. The van der Waals surface area contributed by atoms with Gasteiger partial charge in [-0.2, -0.15) is 0 Å². The smallest absolute Gasteiger partial charge is 0.315 e. The third kappa shape index (κ3) is 5.55. The number of ether oxygens (including phenoxy) is 1. The highest BCUT2D eigenvalue weighted by Crippen LogP contribution is 2.25. The van der Waals surface area contributed by atoms with Crippen LogP contribution in [-0.4, -0.2) is 28.7 Å². The molecule has 0 radical (unpaired) electrons. The van der Waals surface area contributed by atoms with Crippen molar-refractivity contribution >= 4 is 11.9 Å². The van der Waals surface area contributed by atoms with Gasteiger partial charge in [-0.3, -0.25) is 9.59 Å². The van der Waals surface area contributed by atoms with Crippen molar-refractivity contribution in [3.8, 4) is 0 Å². The lowest BCUT2D eigenvalue weighted by Crippen LogP contribution is -2.39. The second-order valence-corrected chi connectivity index (χ2v) is 6.19. The van der Waals surface area contributed by atoms with Crippen molar-refractivity contribution in [1.29, 1.82) is 0 Å². The lowest BCUT2D eigenvalue weighted by atomic mass is 9.89. The molecule has 0 heterocycles. The number of hydrogen-bond acceptors (Lipinski definition) is 4. The summed E-state index contributed by atoms with van der Waals surface area (Å²) in [6.07, 6.45) is -0.294. The Morgan fingerprint density at radius 2 is 1.95 bits per heavy atom. The Morgan fingerprint density at radius 3 is 2.43 bits per heavy atom. The lowest BCUT2D eigenvalue weighted by Gasteiger charge is -2.27. The van der Waals surface area contributed by atoms with Gasteiger partial charge in [0.15, 0.2) is 0 Å². The molecule has 1 rings (SSSR count). The van der Waals surface area contributed by atoms with Crippen molar-refractivity contribution in [2.45, 2.75) is 51.7 Å². The predicted octanol–water partition coefficient (Wildman–Crippen LogP) is 2.22. The molecule has 0 aliphatic carbocycles. The van der Waals surface area contributed by atoms with Gasteiger partial charge >= 0.3 is 11.9 Å². The summed E-state index contributed by atoms with van der Waals surface area (Å²) in [4.78, 5) is 23.3. The van der Waals surface area contributed by atoms with Crippen molar-refractivity contribution in [2.24, 2.45) is 5.73 Å². The number of carboxylic acids is 1. The van der Waals surface area contributed by atoms with Gasteiger partial charge in [0.2, 0.25) is 0 Å². The fourth-order valence-corrected chi connectivity index (χ4v) is 2.11. The Balaban J connectivity index is 3.10. The second kappa shape index (κ2) is 6.72. The van der Waals surface area contributed by atoms with E-state index in [0.717, 1.165) is 5.56 Å². The molecule has 0 spiro atoms. The van der Waals surface area contributed by atoms with E-state index < -0.39 is 29.5 Å². The second-order valence-electron chi connectivity index (χ2n) is 6.19. The third-order valence-corrected chi connectivity index (χ3v) is 2.90. The molecule has 0 saturated heterocycles. The Hall–Kier alpha value is -1.88. The number of rotatable bonds is 5. The molecule has 3 N–H and O–H groups in total. The van der Waals surface area contributed by atoms with Gasteiger partial charge in [-0.15, -0.1) is 0 Å². The summed E-state index contributed by atoms with van der Waals surface area (Å²) < 4.78 is 5.38. The van der Waals surface area contributed by atoms with Crippen LogP contribution in [0.4, 0.5) is 0 Å². The molecule has 0 unspecified atom stereocenters. The Labute approximate surface area is 125 Å². The number of carbonyl (C=O) groups excluding carboxylic acids is 1. The Bertz CT molecular complexity index is 519. The zero-order valence-electron chi connectivity index (χ0n) is 12.9. The van der Waals surface area contributed by atoms with E-state index in [1.165, 1.54) is 0 Å². The van der Waals surface area contributed by atoms with Gasteiger partial charge in [-0.25, -0.2) is 0 Å². The molecule has 0 saturated carbocycles. The fourth-order valence-electron chi connectivity index (χ4n) is 2.11. The van der Waals surface area contributed by atoms with Crippen LogP contribution < -0.4 is 5.73 Å². The van der Waals surface area contributed by atoms with Gasteiger partial charge < -0.3 is 15.6 Å². The summed E-state index contributed by atoms with van der Waals surface area (Å²) in [7, 11) is 0. The van der Waals surface area contributed by atoms with Crippen LogP contribution in [0.3, 0.4) is 0 Å². The molecule has 116 valence electrons. The van der Waals surface area contributed by atoms with Crippen molar-refractivity contribution < 1.29 is 19.4 Å². The molecule has 5 nitrogen and oxygen atoms in total. The van der Waals surface area contributed by atoms with Crippen LogP contribution in [0.5, 0.6) is 0 Å². The quantitative estimate of drug-likeness (QED) is 0.812. The molecule has 0 amide bonds. The number of aryl methyl sites for hydroxylation is 1. The van der Waals surface area contributed by atoms with Crippen LogP contribution in [0, 0.1) is 6.92 Å². The summed E-state index contributed by atoms with van der Waals surface area (Å²) in [6.45, 7) is 7.20. The highest BCUT2D eigenvalue weighted by molar-refractivity contribution is 5.81. The first-order valence-electron chi connectivity index (χ1n) is 6.87. The van der Waals surface area contributed by atoms with E-state index in [9.17, 15) is 9.59 Å². The maximum absolute atomic E-state index is 12.4. The maximum Gasteiger partial charge on any atom is 0.315 e. The number of carboxylic acid groups (broad SMARTS) is 1. The largest absolute Gasteiger partial charge is 0.481 e. The molecule has 21 heavy (non-hydrogen) atoms. The van der Waals surface area contributed by atoms with E-state index in [-0.39, 0.29) is 6.42 Å². The third-order valence-electron chi connectivity index (χ3n) is 2.90. The summed E-state index contributed by atoms with van der Waals surface area (Å²) in [5, 5.41) is 8.92. The van der Waals surface area contributed by atoms with Crippen LogP contribution in [0.25, 0.3) is 0 Å². The number of esters is 1. The van der Waals surface area contributed by atoms with Crippen LogP contribution >= 0.6 is 0 Å². The molecule has 0 aromatic heterocycles. The minimum atomic E-state index is -1.04. The number of carbonyl (C=O) groups is 2. The first-order chi connectivity index (χ1) is 9.60. The SMILES string of the molecule is Cc1cccc([C@H](C(=O)OC(C)(C)C)[C@H](N)CC(=O)O)c1. The van der Waals surface area contributed by atoms with Crippen molar-refractivity contribution in [3.05, 3.63) is 35.4 Å². The van der Waals surface area contributed by atoms with E-state index in [4.69, 9.17) is 15.6 Å². The molecule has 2 atom stereocenters. The molecule has 5 heteroatoms. The summed E-state index contributed by atoms with van der Waals surface area (Å²) in [5.41, 5.74) is 6.94. The summed E-state index contributed by atoms with van der Waals surface area (Å²) in [6, 6.07) is 6.48. The monoisotopic (exact) mass is 293 g/mol. The number of aliphatic carboxylic acids is 1. The lowest BCUT2D eigenvalue weighted by molar-refractivity contribution is -0.157. The number of benzene rings is 1. The molecular weight excluding hydrogens is 270 g/mol. The topological polar surface area (TPSA) is 89.6 Å². The van der Waals surface area contributed by atoms with Gasteiger partial charge in [0.1, 0.15) is 5.60 Å². The zero-order chi connectivity index (χ0) is 16.2. The summed E-state index contributed by atoms with van der Waals surface area (Å²) in [5.74, 6) is -2.33. The van der Waals surface area contributed by atoms with Gasteiger partial charge in [-0.05, 0) is 33.3 Å². The first-order valence-corrected chi connectivity index (χ1v) is 6.87. The minimum absolute atomic E-state index is 0.294. The van der Waals surface area contributed by atoms with E-state index >= 15 is 0 Å². The first kappa shape index (κ1) is 17.2. The number of nitrogens with two attached hydrogens (primary N) is 1. The Kier molecular flexibility index (Phi) is 5.49. The van der Waals surface area contributed by atoms with Gasteiger partial charge in [0, 0.05) is 6.04 Å². The zero-order valence-corrected chi connectivity index (χ0v) is 12.9. The summed E-state index contributed by atoms with van der Waals surface area (Å²) >= 11 is 0. The minimum Gasteiger partial charge on any atom is -0.481 e. The highest BCUT2D eigenvalue weighted by Gasteiger charge is 2.32. The van der Waals surface area contributed by atoms with Gasteiger partial charge in [0.05, 0.1) is 12.3 Å². The Morgan fingerprint density at radius 1 is 1.33 bits per heavy atom. The van der Waals surface area contributed by atoms with Crippen LogP contribution in [0.2, 0.25) is 0 Å². The van der Waals surface area contributed by atoms with Crippen LogP contribution in [0.15, 0.2) is 24.3 Å². The van der Waals surface area contributed by atoms with E-state index in [0.29, 0.717) is 5.56 Å². The van der Waals surface area contributed by atoms with Crippen molar-refractivity contribution in [2.75, 3.05) is 0 Å². The molecule has 0 aliphatic heterocycles.